The van der Waals surface area contributed by atoms with Gasteiger partial charge in [0.15, 0.2) is 0 Å². The molecule has 4 aliphatic rings. The van der Waals surface area contributed by atoms with Crippen LogP contribution < -0.4 is 9.64 Å². The van der Waals surface area contributed by atoms with Gasteiger partial charge in [0.1, 0.15) is 17.1 Å². The normalized spacial score (nSPS) is 28.1. The van der Waals surface area contributed by atoms with Crippen molar-refractivity contribution < 1.29 is 14.6 Å². The molecule has 2 aromatic rings. The van der Waals surface area contributed by atoms with Crippen molar-refractivity contribution >= 4 is 11.7 Å². The van der Waals surface area contributed by atoms with E-state index in [0.717, 1.165) is 37.2 Å². The highest BCUT2D eigenvalue weighted by atomic mass is 16.5. The summed E-state index contributed by atoms with van der Waals surface area (Å²) in [6.07, 6.45) is 11.1. The maximum Gasteiger partial charge on any atom is 0.347 e. The number of phenolic OH excluding ortho intramolecular Hbond substituents is 1. The topological polar surface area (TPSA) is 49.8 Å². The summed E-state index contributed by atoms with van der Waals surface area (Å²) in [5.41, 5.74) is 3.52. The number of anilines is 1. The second kappa shape index (κ2) is 6.24. The van der Waals surface area contributed by atoms with Crippen molar-refractivity contribution in [3.8, 4) is 11.5 Å². The highest BCUT2D eigenvalue weighted by Crippen LogP contribution is 2.56. The molecule has 4 atom stereocenters. The number of fused-ring (bicyclic) bond motifs is 4. The van der Waals surface area contributed by atoms with E-state index in [9.17, 15) is 9.90 Å². The van der Waals surface area contributed by atoms with E-state index in [-0.39, 0.29) is 17.2 Å². The second-order valence-corrected chi connectivity index (χ2v) is 8.63. The molecule has 29 heavy (non-hydrogen) atoms. The fourth-order valence-electron chi connectivity index (χ4n) is 5.73. The Morgan fingerprint density at radius 2 is 1.69 bits per heavy atom. The Balaban J connectivity index is 1.51. The van der Waals surface area contributed by atoms with Gasteiger partial charge in [-0.25, -0.2) is 4.79 Å². The van der Waals surface area contributed by atoms with Crippen LogP contribution in [0.4, 0.5) is 5.69 Å². The molecule has 0 fully saturated rings. The van der Waals surface area contributed by atoms with Gasteiger partial charge in [0.25, 0.3) is 0 Å². The number of carbonyl (C=O) groups excluding carboxylic acids is 1. The zero-order chi connectivity index (χ0) is 19.5. The monoisotopic (exact) mass is 385 g/mol. The van der Waals surface area contributed by atoms with Crippen LogP contribution in [0.2, 0.25) is 0 Å². The first-order chi connectivity index (χ1) is 14.2. The van der Waals surface area contributed by atoms with Crippen molar-refractivity contribution in [2.24, 2.45) is 11.8 Å². The number of benzene rings is 2. The molecule has 0 spiro atoms. The average Bonchev–Trinajstić information content (AvgIpc) is 3.39. The molecule has 0 bridgehead atoms. The smallest absolute Gasteiger partial charge is 0.347 e. The Kier molecular flexibility index (Phi) is 3.64. The molecule has 2 aliphatic heterocycles. The van der Waals surface area contributed by atoms with Crippen molar-refractivity contribution in [1.29, 1.82) is 0 Å². The molecule has 0 saturated heterocycles. The number of hydrogen-bond donors (Lipinski definition) is 1. The summed E-state index contributed by atoms with van der Waals surface area (Å²) >= 11 is 0. The summed E-state index contributed by atoms with van der Waals surface area (Å²) in [6, 6.07) is 10.9. The first-order valence-corrected chi connectivity index (χ1v) is 10.5. The minimum absolute atomic E-state index is 0.0938. The van der Waals surface area contributed by atoms with Crippen molar-refractivity contribution in [1.82, 2.24) is 0 Å². The number of allylic oxidation sites excluding steroid dienone is 4. The molecule has 4 nitrogen and oxygen atoms in total. The van der Waals surface area contributed by atoms with Crippen LogP contribution in [0.3, 0.4) is 0 Å². The lowest BCUT2D eigenvalue weighted by atomic mass is 9.74. The number of carbonyl (C=O) groups is 1. The maximum atomic E-state index is 13.0. The minimum Gasteiger partial charge on any atom is -0.507 e. The summed E-state index contributed by atoms with van der Waals surface area (Å²) in [4.78, 5) is 15.5. The Morgan fingerprint density at radius 3 is 2.45 bits per heavy atom. The third kappa shape index (κ3) is 2.48. The number of esters is 1. The van der Waals surface area contributed by atoms with Crippen LogP contribution in [0, 0.1) is 11.8 Å². The van der Waals surface area contributed by atoms with Gasteiger partial charge in [-0.2, -0.15) is 0 Å². The van der Waals surface area contributed by atoms with Crippen LogP contribution in [-0.2, 0) is 0 Å². The standard InChI is InChI=1S/C25H23NO3/c27-24-21(25(28)29-17-8-2-1-3-9-17)12-20-18-10-4-6-15(18)13-26-14-16-7-5-11-19(16)22(24)23(20)26/h1-5,8-12,15-16,18-19,27H,6-7,13-14H2/t15-,16+,18-,19+/m0/s1. The van der Waals surface area contributed by atoms with Gasteiger partial charge in [0.05, 0.1) is 0 Å². The summed E-state index contributed by atoms with van der Waals surface area (Å²) in [5, 5.41) is 11.3. The van der Waals surface area contributed by atoms with Gasteiger partial charge in [-0.3, -0.25) is 0 Å². The number of hydrogen-bond acceptors (Lipinski definition) is 4. The van der Waals surface area contributed by atoms with E-state index in [1.807, 2.05) is 24.3 Å². The highest BCUT2D eigenvalue weighted by molar-refractivity contribution is 5.96. The van der Waals surface area contributed by atoms with Gasteiger partial charge in [-0.05, 0) is 48.4 Å². The fraction of sp³-hybridized carbons (Fsp3) is 0.320. The number of aromatic hydroxyl groups is 1. The van der Waals surface area contributed by atoms with Gasteiger partial charge in [-0.1, -0.05) is 42.5 Å². The zero-order valence-corrected chi connectivity index (χ0v) is 16.1. The number of phenols is 1. The van der Waals surface area contributed by atoms with Gasteiger partial charge in [0, 0.05) is 36.2 Å². The highest BCUT2D eigenvalue weighted by Gasteiger charge is 2.44. The van der Waals surface area contributed by atoms with Crippen molar-refractivity contribution in [3.63, 3.8) is 0 Å². The van der Waals surface area contributed by atoms with Crippen molar-refractivity contribution in [2.45, 2.75) is 24.7 Å². The average molecular weight is 385 g/mol. The number of nitrogens with zero attached hydrogens (tertiary/aromatic N) is 1. The quantitative estimate of drug-likeness (QED) is 0.460. The summed E-state index contributed by atoms with van der Waals surface area (Å²) < 4.78 is 5.59. The third-order valence-electron chi connectivity index (χ3n) is 7.01. The Hall–Kier alpha value is -3.01. The van der Waals surface area contributed by atoms with E-state index in [4.69, 9.17) is 4.74 Å². The molecular formula is C25H23NO3. The fourth-order valence-corrected chi connectivity index (χ4v) is 5.73. The number of para-hydroxylation sites is 1. The van der Waals surface area contributed by atoms with E-state index >= 15 is 0 Å². The van der Waals surface area contributed by atoms with Gasteiger partial charge in [0.2, 0.25) is 0 Å². The largest absolute Gasteiger partial charge is 0.507 e. The maximum absolute atomic E-state index is 13.0. The SMILES string of the molecule is O=C(Oc1ccccc1)c1cc2c3c(c1O)[C@@H]1C=CC[C@@H]1CN3C[C@@H]1CC=C[C@H]21. The number of ether oxygens (including phenoxy) is 1. The molecule has 0 saturated carbocycles. The molecule has 1 N–H and O–H groups in total. The molecule has 0 unspecified atom stereocenters. The molecule has 0 amide bonds. The predicted octanol–water partition coefficient (Wildman–Crippen LogP) is 4.76. The molecule has 2 aromatic carbocycles. The zero-order valence-electron chi connectivity index (χ0n) is 16.1. The lowest BCUT2D eigenvalue weighted by Gasteiger charge is -2.46. The van der Waals surface area contributed by atoms with E-state index < -0.39 is 5.97 Å². The van der Waals surface area contributed by atoms with Crippen LogP contribution in [-0.4, -0.2) is 24.2 Å². The van der Waals surface area contributed by atoms with E-state index in [2.05, 4.69) is 29.2 Å². The molecule has 4 heteroatoms. The Morgan fingerprint density at radius 1 is 1.00 bits per heavy atom. The summed E-state index contributed by atoms with van der Waals surface area (Å²) in [7, 11) is 0. The number of rotatable bonds is 2. The van der Waals surface area contributed by atoms with Crippen LogP contribution >= 0.6 is 0 Å². The molecule has 0 radical (unpaired) electrons. The van der Waals surface area contributed by atoms with Crippen LogP contribution in [0.5, 0.6) is 11.5 Å². The molecule has 2 aliphatic carbocycles. The van der Waals surface area contributed by atoms with Crippen LogP contribution in [0.1, 0.15) is 46.2 Å². The predicted molar refractivity (Wildman–Crippen MR) is 112 cm³/mol. The molecule has 2 heterocycles. The summed E-state index contributed by atoms with van der Waals surface area (Å²) in [5.74, 6) is 1.58. The molecule has 146 valence electrons. The second-order valence-electron chi connectivity index (χ2n) is 8.63. The van der Waals surface area contributed by atoms with E-state index in [1.54, 1.807) is 12.1 Å². The molecule has 0 aromatic heterocycles. The lowest BCUT2D eigenvalue weighted by molar-refractivity contribution is 0.0731. The van der Waals surface area contributed by atoms with Gasteiger partial charge < -0.3 is 14.7 Å². The van der Waals surface area contributed by atoms with Crippen LogP contribution in [0.25, 0.3) is 0 Å². The first-order valence-electron chi connectivity index (χ1n) is 10.5. The minimum atomic E-state index is -0.493. The Bertz CT molecular complexity index is 1050. The third-order valence-corrected chi connectivity index (χ3v) is 7.01. The Labute approximate surface area is 170 Å². The van der Waals surface area contributed by atoms with Crippen LogP contribution in [0.15, 0.2) is 60.7 Å². The van der Waals surface area contributed by atoms with Gasteiger partial charge >= 0.3 is 5.97 Å². The van der Waals surface area contributed by atoms with Crippen molar-refractivity contribution in [3.05, 3.63) is 77.4 Å². The lowest BCUT2D eigenvalue weighted by Crippen LogP contribution is -2.44. The van der Waals surface area contributed by atoms with Gasteiger partial charge in [-0.15, -0.1) is 0 Å². The first kappa shape index (κ1) is 16.9. The summed E-state index contributed by atoms with van der Waals surface area (Å²) in [6.45, 7) is 2.04. The van der Waals surface area contributed by atoms with E-state index in [1.165, 1.54) is 5.56 Å². The van der Waals surface area contributed by atoms with Crippen molar-refractivity contribution in [2.75, 3.05) is 18.0 Å². The molecular weight excluding hydrogens is 362 g/mol. The molecule has 6 rings (SSSR count). The van der Waals surface area contributed by atoms with E-state index in [0.29, 0.717) is 23.5 Å².